The van der Waals surface area contributed by atoms with Gasteiger partial charge in [0.25, 0.3) is 11.8 Å². The van der Waals surface area contributed by atoms with Gasteiger partial charge in [-0.2, -0.15) is 0 Å². The monoisotopic (exact) mass is 337 g/mol. The lowest BCUT2D eigenvalue weighted by Crippen LogP contribution is -2.45. The lowest BCUT2D eigenvalue weighted by Gasteiger charge is -2.20. The maximum absolute atomic E-state index is 12.2. The van der Waals surface area contributed by atoms with E-state index < -0.39 is 29.9 Å². The van der Waals surface area contributed by atoms with Gasteiger partial charge in [-0.3, -0.25) is 14.9 Å². The van der Waals surface area contributed by atoms with Crippen molar-refractivity contribution in [1.82, 2.24) is 5.32 Å². The van der Waals surface area contributed by atoms with Crippen molar-refractivity contribution in [3.05, 3.63) is 29.8 Å². The fraction of sp³-hybridized carbons (Fsp3) is 0.333. The van der Waals surface area contributed by atoms with Gasteiger partial charge < -0.3 is 20.9 Å². The Morgan fingerprint density at radius 3 is 2.38 bits per heavy atom. The normalized spacial score (nSPS) is 11.5. The number of carbonyl (C=O) groups is 4. The van der Waals surface area contributed by atoms with Gasteiger partial charge in [0, 0.05) is 0 Å². The maximum Gasteiger partial charge on any atom is 0.339 e. The van der Waals surface area contributed by atoms with Crippen molar-refractivity contribution in [3.8, 4) is 5.75 Å². The number of imide groups is 1. The predicted octanol–water partition coefficient (Wildman–Crippen LogP) is -0.0730. The quantitative estimate of drug-likeness (QED) is 0.592. The predicted molar refractivity (Wildman–Crippen MR) is 82.9 cm³/mol. The molecule has 0 bridgehead atoms. The minimum atomic E-state index is -1.19. The minimum absolute atomic E-state index is 0.106. The summed E-state index contributed by atoms with van der Waals surface area (Å²) in [5, 5.41) is 1.87. The summed E-state index contributed by atoms with van der Waals surface area (Å²) < 4.78 is 10.2. The molecular formula is C15H19N3O6. The number of ether oxygens (including phenoxy) is 2. The molecule has 9 heteroatoms. The van der Waals surface area contributed by atoms with Crippen LogP contribution >= 0.6 is 0 Å². The number of esters is 1. The smallest absolute Gasteiger partial charge is 0.339 e. The highest BCUT2D eigenvalue weighted by Crippen LogP contribution is 2.16. The van der Waals surface area contributed by atoms with Crippen LogP contribution in [-0.2, 0) is 14.3 Å². The van der Waals surface area contributed by atoms with E-state index in [1.54, 1.807) is 13.8 Å². The number of benzene rings is 1. The zero-order valence-electron chi connectivity index (χ0n) is 13.3. The molecule has 0 aliphatic rings. The number of hydrogen-bond donors (Lipinski definition) is 3. The van der Waals surface area contributed by atoms with Gasteiger partial charge in [-0.05, 0) is 24.1 Å². The van der Waals surface area contributed by atoms with Gasteiger partial charge in [0.05, 0.1) is 5.56 Å². The second-order valence-electron chi connectivity index (χ2n) is 5.21. The van der Waals surface area contributed by atoms with Crippen molar-refractivity contribution in [2.75, 3.05) is 6.61 Å². The van der Waals surface area contributed by atoms with Crippen molar-refractivity contribution < 1.29 is 28.7 Å². The first-order valence-electron chi connectivity index (χ1n) is 7.03. The van der Waals surface area contributed by atoms with Crippen LogP contribution in [-0.4, -0.2) is 36.5 Å². The van der Waals surface area contributed by atoms with Crippen molar-refractivity contribution in [2.24, 2.45) is 17.4 Å². The zero-order chi connectivity index (χ0) is 18.3. The lowest BCUT2D eigenvalue weighted by molar-refractivity contribution is -0.130. The molecule has 1 aromatic rings. The van der Waals surface area contributed by atoms with Crippen LogP contribution in [0.1, 0.15) is 24.2 Å². The van der Waals surface area contributed by atoms with Gasteiger partial charge in [-0.25, -0.2) is 9.59 Å². The summed E-state index contributed by atoms with van der Waals surface area (Å²) in [5.74, 6) is -2.41. The summed E-state index contributed by atoms with van der Waals surface area (Å²) >= 11 is 0. The molecule has 0 aliphatic carbocycles. The molecule has 0 fully saturated rings. The molecule has 9 nitrogen and oxygen atoms in total. The van der Waals surface area contributed by atoms with Gasteiger partial charge in [-0.15, -0.1) is 0 Å². The van der Waals surface area contributed by atoms with Crippen LogP contribution in [0.2, 0.25) is 0 Å². The van der Waals surface area contributed by atoms with Crippen molar-refractivity contribution in [2.45, 2.75) is 20.0 Å². The van der Waals surface area contributed by atoms with Gasteiger partial charge in [0.2, 0.25) is 0 Å². The Bertz CT molecular complexity index is 644. The first-order chi connectivity index (χ1) is 11.2. The summed E-state index contributed by atoms with van der Waals surface area (Å²) in [6.45, 7) is 2.95. The van der Waals surface area contributed by atoms with Crippen LogP contribution in [0.4, 0.5) is 4.79 Å². The largest absolute Gasteiger partial charge is 0.484 e. The average molecular weight is 337 g/mol. The fourth-order valence-electron chi connectivity index (χ4n) is 1.74. The van der Waals surface area contributed by atoms with Gasteiger partial charge >= 0.3 is 12.0 Å². The first-order valence-corrected chi connectivity index (χ1v) is 7.03. The van der Waals surface area contributed by atoms with E-state index in [1.165, 1.54) is 24.3 Å². The van der Waals surface area contributed by atoms with E-state index in [1.807, 2.05) is 5.32 Å². The fourth-order valence-corrected chi connectivity index (χ4v) is 1.74. The first kappa shape index (κ1) is 18.9. The van der Waals surface area contributed by atoms with E-state index >= 15 is 0 Å². The molecule has 130 valence electrons. The third kappa shape index (κ3) is 5.95. The molecule has 1 atom stereocenters. The summed E-state index contributed by atoms with van der Waals surface area (Å²) in [5.41, 5.74) is 9.96. The number of nitrogens with two attached hydrogens (primary N) is 2. The van der Waals surface area contributed by atoms with E-state index in [-0.39, 0.29) is 23.8 Å². The number of urea groups is 1. The van der Waals surface area contributed by atoms with E-state index in [9.17, 15) is 19.2 Å². The molecule has 1 rings (SSSR count). The Labute approximate surface area is 138 Å². The van der Waals surface area contributed by atoms with Crippen LogP contribution in [0.3, 0.4) is 0 Å². The molecular weight excluding hydrogens is 318 g/mol. The lowest BCUT2D eigenvalue weighted by atomic mass is 10.1. The summed E-state index contributed by atoms with van der Waals surface area (Å²) in [4.78, 5) is 45.5. The molecule has 1 aromatic carbocycles. The highest BCUT2D eigenvalue weighted by Gasteiger charge is 2.28. The maximum atomic E-state index is 12.2. The third-order valence-corrected chi connectivity index (χ3v) is 2.80. The number of nitrogens with one attached hydrogen (secondary N) is 1. The number of carbonyl (C=O) groups excluding carboxylic acids is 4. The second-order valence-corrected chi connectivity index (χ2v) is 5.21. The Kier molecular flexibility index (Phi) is 6.72. The number of rotatable bonds is 7. The summed E-state index contributed by atoms with van der Waals surface area (Å²) in [6.07, 6.45) is -1.19. The average Bonchev–Trinajstić information content (AvgIpc) is 2.49. The van der Waals surface area contributed by atoms with E-state index in [0.29, 0.717) is 0 Å². The minimum Gasteiger partial charge on any atom is -0.484 e. The van der Waals surface area contributed by atoms with Crippen molar-refractivity contribution in [1.29, 1.82) is 0 Å². The van der Waals surface area contributed by atoms with Crippen molar-refractivity contribution in [3.63, 3.8) is 0 Å². The standard InChI is InChI=1S/C15H19N3O6/c1-8(2)12(13(20)18-15(17)22)24-14(21)9-4-3-5-10(6-9)23-7-11(16)19/h3-6,8,12H,7H2,1-2H3,(H2,16,19)(H3,17,18,20,22). The van der Waals surface area contributed by atoms with E-state index in [0.717, 1.165) is 0 Å². The van der Waals surface area contributed by atoms with Crippen LogP contribution in [0.5, 0.6) is 5.75 Å². The Balaban J connectivity index is 2.84. The number of primary amides is 2. The second kappa shape index (κ2) is 8.51. The molecule has 0 saturated carbocycles. The van der Waals surface area contributed by atoms with E-state index in [4.69, 9.17) is 20.9 Å². The van der Waals surface area contributed by atoms with Crippen LogP contribution in [0, 0.1) is 5.92 Å². The SMILES string of the molecule is CC(C)C(OC(=O)c1cccc(OCC(N)=O)c1)C(=O)NC(N)=O. The topological polar surface area (TPSA) is 151 Å². The van der Waals surface area contributed by atoms with E-state index in [2.05, 4.69) is 0 Å². The van der Waals surface area contributed by atoms with Crippen LogP contribution in [0.15, 0.2) is 24.3 Å². The molecule has 4 amide bonds. The van der Waals surface area contributed by atoms with Gasteiger partial charge in [-0.1, -0.05) is 19.9 Å². The molecule has 5 N–H and O–H groups in total. The molecule has 0 aromatic heterocycles. The number of amides is 4. The highest BCUT2D eigenvalue weighted by molar-refractivity contribution is 5.98. The molecule has 0 radical (unpaired) electrons. The van der Waals surface area contributed by atoms with Crippen LogP contribution in [0.25, 0.3) is 0 Å². The molecule has 0 heterocycles. The molecule has 0 spiro atoms. The summed E-state index contributed by atoms with van der Waals surface area (Å²) in [7, 11) is 0. The molecule has 0 saturated heterocycles. The highest BCUT2D eigenvalue weighted by atomic mass is 16.5. The van der Waals surface area contributed by atoms with Crippen molar-refractivity contribution >= 4 is 23.8 Å². The third-order valence-electron chi connectivity index (χ3n) is 2.80. The number of hydrogen-bond acceptors (Lipinski definition) is 6. The van der Waals surface area contributed by atoms with Gasteiger partial charge in [0.15, 0.2) is 12.7 Å². The molecule has 0 aliphatic heterocycles. The molecule has 24 heavy (non-hydrogen) atoms. The van der Waals surface area contributed by atoms with Crippen LogP contribution < -0.4 is 21.5 Å². The Morgan fingerprint density at radius 1 is 1.17 bits per heavy atom. The zero-order valence-corrected chi connectivity index (χ0v) is 13.3. The van der Waals surface area contributed by atoms with Gasteiger partial charge in [0.1, 0.15) is 5.75 Å². The molecule has 1 unspecified atom stereocenters. The summed E-state index contributed by atoms with van der Waals surface area (Å²) in [6, 6.07) is 4.79. The Hall–Kier alpha value is -3.10. The Morgan fingerprint density at radius 2 is 1.83 bits per heavy atom.